The lowest BCUT2D eigenvalue weighted by molar-refractivity contribution is -0.142. The molecule has 15 heteroatoms. The molecule has 4 unspecified atom stereocenters. The molecule has 15 nitrogen and oxygen atoms in total. The Morgan fingerprint density at radius 3 is 1.88 bits per heavy atom. The van der Waals surface area contributed by atoms with E-state index in [4.69, 9.17) is 22.9 Å². The summed E-state index contributed by atoms with van der Waals surface area (Å²) in [6.07, 6.45) is -0.338. The van der Waals surface area contributed by atoms with E-state index in [-0.39, 0.29) is 43.9 Å². The summed E-state index contributed by atoms with van der Waals surface area (Å²) in [5.41, 5.74) is 23.2. The van der Waals surface area contributed by atoms with E-state index in [1.807, 2.05) is 0 Å². The number of aromatic hydroxyl groups is 1. The number of rotatable bonds is 17. The molecule has 0 heterocycles. The van der Waals surface area contributed by atoms with Gasteiger partial charge in [-0.3, -0.25) is 24.2 Å². The predicted octanol–water partition coefficient (Wildman–Crippen LogP) is -2.03. The van der Waals surface area contributed by atoms with Crippen LogP contribution in [-0.4, -0.2) is 76.5 Å². The molecule has 0 spiro atoms. The van der Waals surface area contributed by atoms with Crippen molar-refractivity contribution in [1.29, 1.82) is 0 Å². The third kappa shape index (κ3) is 12.5. The van der Waals surface area contributed by atoms with E-state index in [1.165, 1.54) is 24.3 Å². The lowest BCUT2D eigenvalue weighted by atomic mass is 10.0. The van der Waals surface area contributed by atoms with Crippen molar-refractivity contribution >= 4 is 35.6 Å². The van der Waals surface area contributed by atoms with Crippen LogP contribution in [-0.2, 0) is 36.8 Å². The van der Waals surface area contributed by atoms with Crippen molar-refractivity contribution in [1.82, 2.24) is 16.0 Å². The molecule has 0 fully saturated rings. The smallest absolute Gasteiger partial charge is 0.326 e. The number of aliphatic carboxylic acids is 1. The van der Waals surface area contributed by atoms with Crippen LogP contribution in [0.1, 0.15) is 30.4 Å². The standard InChI is InChI=1S/C28H38N8O7/c29-19(13-16-5-2-1-3-6-16)24(39)35-22(15-23(30)38)26(41)36-21(14-17-8-10-18(37)11-9-17)25(40)34-20(27(42)43)7-4-12-33-28(31)32/h1-3,5-6,8-11,19-22,37H,4,7,12-15,29H2,(H2,30,38)(H,34,40)(H,35,39)(H,36,41)(H,42,43)(H4,31,32,33). The zero-order valence-corrected chi connectivity index (χ0v) is 23.4. The number of carbonyl (C=O) groups is 5. The van der Waals surface area contributed by atoms with E-state index in [2.05, 4.69) is 20.9 Å². The Morgan fingerprint density at radius 2 is 1.30 bits per heavy atom. The predicted molar refractivity (Wildman–Crippen MR) is 157 cm³/mol. The highest BCUT2D eigenvalue weighted by Crippen LogP contribution is 2.12. The number of carboxylic acid groups (broad SMARTS) is 1. The van der Waals surface area contributed by atoms with Crippen LogP contribution in [0.3, 0.4) is 0 Å². The second-order valence-corrected chi connectivity index (χ2v) is 9.81. The van der Waals surface area contributed by atoms with Crippen molar-refractivity contribution in [2.75, 3.05) is 6.54 Å². The maximum Gasteiger partial charge on any atom is 0.326 e. The molecule has 0 saturated heterocycles. The van der Waals surface area contributed by atoms with E-state index >= 15 is 0 Å². The maximum absolute atomic E-state index is 13.3. The summed E-state index contributed by atoms with van der Waals surface area (Å²) in [5, 5.41) is 26.5. The van der Waals surface area contributed by atoms with Crippen LogP contribution in [0.2, 0.25) is 0 Å². The number of nitrogens with one attached hydrogen (secondary N) is 3. The molecular formula is C28H38N8O7. The number of carboxylic acids is 1. The fraction of sp³-hybridized carbons (Fsp3) is 0.357. The van der Waals surface area contributed by atoms with Gasteiger partial charge >= 0.3 is 5.97 Å². The van der Waals surface area contributed by atoms with Gasteiger partial charge in [0.1, 0.15) is 23.9 Å². The van der Waals surface area contributed by atoms with E-state index < -0.39 is 60.2 Å². The van der Waals surface area contributed by atoms with Crippen molar-refractivity contribution in [2.45, 2.75) is 56.3 Å². The number of hydrogen-bond acceptors (Lipinski definition) is 8. The number of nitrogens with zero attached hydrogens (tertiary/aromatic N) is 1. The highest BCUT2D eigenvalue weighted by Gasteiger charge is 2.31. The van der Waals surface area contributed by atoms with E-state index in [9.17, 15) is 34.2 Å². The Kier molecular flexibility index (Phi) is 13.4. The van der Waals surface area contributed by atoms with Crippen molar-refractivity contribution in [2.24, 2.45) is 27.9 Å². The molecule has 13 N–H and O–H groups in total. The highest BCUT2D eigenvalue weighted by molar-refractivity contribution is 5.96. The fourth-order valence-corrected chi connectivity index (χ4v) is 4.03. The Bertz CT molecular complexity index is 1280. The number of aliphatic imine (C=N–C) groups is 1. The van der Waals surface area contributed by atoms with Crippen LogP contribution >= 0.6 is 0 Å². The lowest BCUT2D eigenvalue weighted by Crippen LogP contribution is -2.58. The quantitative estimate of drug-likeness (QED) is 0.0547. The topological polar surface area (TPSA) is 278 Å². The normalized spacial score (nSPS) is 13.4. The molecule has 43 heavy (non-hydrogen) atoms. The summed E-state index contributed by atoms with van der Waals surface area (Å²) in [6, 6.07) is 9.47. The number of hydrogen-bond donors (Lipinski definition) is 9. The zero-order valence-electron chi connectivity index (χ0n) is 23.4. The number of carbonyl (C=O) groups excluding carboxylic acids is 4. The summed E-state index contributed by atoms with van der Waals surface area (Å²) in [7, 11) is 0. The van der Waals surface area contributed by atoms with E-state index in [0.29, 0.717) is 5.56 Å². The summed E-state index contributed by atoms with van der Waals surface area (Å²) < 4.78 is 0. The summed E-state index contributed by atoms with van der Waals surface area (Å²) in [6.45, 7) is 0.135. The third-order valence-electron chi connectivity index (χ3n) is 6.24. The van der Waals surface area contributed by atoms with Gasteiger partial charge in [-0.1, -0.05) is 42.5 Å². The van der Waals surface area contributed by atoms with Gasteiger partial charge < -0.3 is 49.1 Å². The van der Waals surface area contributed by atoms with E-state index in [1.54, 1.807) is 30.3 Å². The first-order chi connectivity index (χ1) is 20.3. The number of nitrogens with two attached hydrogens (primary N) is 4. The van der Waals surface area contributed by atoms with Crippen LogP contribution in [0, 0.1) is 0 Å². The van der Waals surface area contributed by atoms with Crippen LogP contribution in [0.5, 0.6) is 5.75 Å². The van der Waals surface area contributed by atoms with Gasteiger partial charge in [0.15, 0.2) is 5.96 Å². The van der Waals surface area contributed by atoms with Gasteiger partial charge in [0, 0.05) is 13.0 Å². The van der Waals surface area contributed by atoms with Gasteiger partial charge in [-0.2, -0.15) is 0 Å². The number of benzene rings is 2. The molecule has 0 aliphatic heterocycles. The Balaban J connectivity index is 2.21. The molecular weight excluding hydrogens is 560 g/mol. The molecule has 4 amide bonds. The van der Waals surface area contributed by atoms with Crippen LogP contribution in [0.25, 0.3) is 0 Å². The molecule has 2 rings (SSSR count). The maximum atomic E-state index is 13.3. The Hall–Kier alpha value is -5.18. The minimum absolute atomic E-state index is 0.0165. The minimum atomic E-state index is -1.48. The van der Waals surface area contributed by atoms with E-state index in [0.717, 1.165) is 5.56 Å². The molecule has 0 aliphatic carbocycles. The molecule has 232 valence electrons. The van der Waals surface area contributed by atoms with Crippen LogP contribution < -0.4 is 38.9 Å². The average Bonchev–Trinajstić information content (AvgIpc) is 2.94. The summed E-state index contributed by atoms with van der Waals surface area (Å²) >= 11 is 0. The van der Waals surface area contributed by atoms with Gasteiger partial charge in [0.25, 0.3) is 0 Å². The van der Waals surface area contributed by atoms with Crippen molar-refractivity contribution in [3.63, 3.8) is 0 Å². The first-order valence-electron chi connectivity index (χ1n) is 13.4. The second kappa shape index (κ2) is 16.9. The van der Waals surface area contributed by atoms with Crippen LogP contribution in [0.4, 0.5) is 0 Å². The molecule has 4 atom stereocenters. The van der Waals surface area contributed by atoms with Gasteiger partial charge in [0.2, 0.25) is 23.6 Å². The van der Waals surface area contributed by atoms with Gasteiger partial charge in [0.05, 0.1) is 12.5 Å². The van der Waals surface area contributed by atoms with Gasteiger partial charge in [-0.25, -0.2) is 4.79 Å². The first kappa shape index (κ1) is 34.0. The Labute approximate surface area is 248 Å². The molecule has 2 aromatic rings. The molecule has 0 aliphatic rings. The Morgan fingerprint density at radius 1 is 0.744 bits per heavy atom. The lowest BCUT2D eigenvalue weighted by Gasteiger charge is -2.25. The average molecular weight is 599 g/mol. The van der Waals surface area contributed by atoms with Crippen LogP contribution in [0.15, 0.2) is 59.6 Å². The molecule has 0 bridgehead atoms. The monoisotopic (exact) mass is 598 g/mol. The zero-order chi connectivity index (χ0) is 31.9. The fourth-order valence-electron chi connectivity index (χ4n) is 4.03. The van der Waals surface area contributed by atoms with Gasteiger partial charge in [-0.05, 0) is 42.5 Å². The largest absolute Gasteiger partial charge is 0.508 e. The van der Waals surface area contributed by atoms with Crippen molar-refractivity contribution in [3.8, 4) is 5.75 Å². The highest BCUT2D eigenvalue weighted by atomic mass is 16.4. The first-order valence-corrected chi connectivity index (χ1v) is 13.4. The summed E-state index contributed by atoms with van der Waals surface area (Å²) in [5.74, 6) is -4.90. The second-order valence-electron chi connectivity index (χ2n) is 9.81. The number of phenolic OH excluding ortho intramolecular Hbond substituents is 1. The SMILES string of the molecule is NC(=O)CC(NC(=O)C(N)Cc1ccccc1)C(=O)NC(Cc1ccc(O)cc1)C(=O)NC(CCCN=C(N)N)C(=O)O. The number of amides is 4. The summed E-state index contributed by atoms with van der Waals surface area (Å²) in [4.78, 5) is 66.8. The molecule has 0 aromatic heterocycles. The van der Waals surface area contributed by atoms with Gasteiger partial charge in [-0.15, -0.1) is 0 Å². The minimum Gasteiger partial charge on any atom is -0.508 e. The third-order valence-corrected chi connectivity index (χ3v) is 6.24. The molecule has 0 radical (unpaired) electrons. The number of guanidine groups is 1. The number of phenols is 1. The molecule has 0 saturated carbocycles. The van der Waals surface area contributed by atoms with Crippen molar-refractivity contribution < 1.29 is 34.2 Å². The molecule has 2 aromatic carbocycles. The number of primary amides is 1. The van der Waals surface area contributed by atoms with Crippen molar-refractivity contribution in [3.05, 3.63) is 65.7 Å².